The summed E-state index contributed by atoms with van der Waals surface area (Å²) in [6.07, 6.45) is 0. The van der Waals surface area contributed by atoms with E-state index < -0.39 is 0 Å². The van der Waals surface area contributed by atoms with Gasteiger partial charge in [-0.05, 0) is 6.07 Å². The van der Waals surface area contributed by atoms with Gasteiger partial charge in [0.1, 0.15) is 11.6 Å². The van der Waals surface area contributed by atoms with Crippen LogP contribution in [0.4, 0.5) is 4.39 Å². The molecule has 17 heavy (non-hydrogen) atoms. The number of benzene rings is 1. The second-order valence-electron chi connectivity index (χ2n) is 4.12. The third-order valence-corrected chi connectivity index (χ3v) is 2.32. The van der Waals surface area contributed by atoms with Crippen molar-refractivity contribution in [3.63, 3.8) is 0 Å². The highest BCUT2D eigenvalue weighted by Gasteiger charge is 2.03. The molecule has 0 saturated carbocycles. The number of halogens is 1. The summed E-state index contributed by atoms with van der Waals surface area (Å²) in [5, 5.41) is 3.23. The Balaban J connectivity index is 2.32. The first-order chi connectivity index (χ1) is 8.13. The maximum Gasteiger partial charge on any atom is 0.132 e. The number of hydrogen-bond donors (Lipinski definition) is 1. The second-order valence-corrected chi connectivity index (χ2v) is 4.12. The summed E-state index contributed by atoms with van der Waals surface area (Å²) in [6.45, 7) is 5.78. The first-order valence-corrected chi connectivity index (χ1v) is 5.77. The van der Waals surface area contributed by atoms with E-state index in [1.807, 2.05) is 0 Å². The van der Waals surface area contributed by atoms with E-state index in [2.05, 4.69) is 19.2 Å². The molecule has 96 valence electrons. The van der Waals surface area contributed by atoms with Gasteiger partial charge in [-0.2, -0.15) is 0 Å². The van der Waals surface area contributed by atoms with Gasteiger partial charge < -0.3 is 14.8 Å². The molecule has 0 unspecified atom stereocenters. The SMILES string of the molecule is COc1ccc(COCCNC(C)C)c(F)c1. The summed E-state index contributed by atoms with van der Waals surface area (Å²) in [5.41, 5.74) is 0.551. The van der Waals surface area contributed by atoms with Crippen molar-refractivity contribution in [3.8, 4) is 5.75 Å². The Bertz CT molecular complexity index is 342. The Morgan fingerprint density at radius 1 is 1.35 bits per heavy atom. The Morgan fingerprint density at radius 3 is 2.71 bits per heavy atom. The van der Waals surface area contributed by atoms with E-state index in [4.69, 9.17) is 9.47 Å². The molecule has 1 N–H and O–H groups in total. The molecule has 0 heterocycles. The van der Waals surface area contributed by atoms with Crippen molar-refractivity contribution in [2.45, 2.75) is 26.5 Å². The standard InChI is InChI=1S/C13H20FNO2/c1-10(2)15-6-7-17-9-11-4-5-12(16-3)8-13(11)14/h4-5,8,10,15H,6-7,9H2,1-3H3. The number of ether oxygens (including phenoxy) is 2. The molecule has 0 aliphatic heterocycles. The monoisotopic (exact) mass is 241 g/mol. The molecule has 0 atom stereocenters. The summed E-state index contributed by atoms with van der Waals surface area (Å²) in [7, 11) is 1.52. The first kappa shape index (κ1) is 13.9. The molecule has 1 aromatic carbocycles. The van der Waals surface area contributed by atoms with Gasteiger partial charge in [0.05, 0.1) is 20.3 Å². The third-order valence-electron chi connectivity index (χ3n) is 2.32. The Labute approximate surface area is 102 Å². The van der Waals surface area contributed by atoms with Crippen LogP contribution < -0.4 is 10.1 Å². The molecule has 0 aliphatic rings. The maximum absolute atomic E-state index is 13.5. The zero-order valence-corrected chi connectivity index (χ0v) is 10.6. The van der Waals surface area contributed by atoms with Gasteiger partial charge in [-0.3, -0.25) is 0 Å². The normalized spacial score (nSPS) is 10.9. The van der Waals surface area contributed by atoms with E-state index in [0.29, 0.717) is 24.0 Å². The van der Waals surface area contributed by atoms with E-state index in [1.165, 1.54) is 13.2 Å². The Hall–Kier alpha value is -1.13. The Morgan fingerprint density at radius 2 is 2.12 bits per heavy atom. The van der Waals surface area contributed by atoms with E-state index >= 15 is 0 Å². The summed E-state index contributed by atoms with van der Waals surface area (Å²) in [4.78, 5) is 0. The summed E-state index contributed by atoms with van der Waals surface area (Å²) < 4.78 is 23.8. The Kier molecular flexibility index (Phi) is 5.94. The van der Waals surface area contributed by atoms with Crippen LogP contribution in [0.1, 0.15) is 19.4 Å². The molecular formula is C13H20FNO2. The van der Waals surface area contributed by atoms with Crippen LogP contribution >= 0.6 is 0 Å². The van der Waals surface area contributed by atoms with Crippen LogP contribution in [-0.4, -0.2) is 26.3 Å². The minimum atomic E-state index is -0.291. The van der Waals surface area contributed by atoms with Crippen LogP contribution in [0.5, 0.6) is 5.75 Å². The minimum Gasteiger partial charge on any atom is -0.497 e. The van der Waals surface area contributed by atoms with Crippen molar-refractivity contribution >= 4 is 0 Å². The zero-order chi connectivity index (χ0) is 12.7. The molecule has 0 spiro atoms. The molecule has 0 saturated heterocycles. The second kappa shape index (κ2) is 7.25. The highest BCUT2D eigenvalue weighted by molar-refractivity contribution is 5.28. The van der Waals surface area contributed by atoms with Crippen molar-refractivity contribution in [2.24, 2.45) is 0 Å². The number of hydrogen-bond acceptors (Lipinski definition) is 3. The molecule has 4 heteroatoms. The van der Waals surface area contributed by atoms with Crippen molar-refractivity contribution in [1.82, 2.24) is 5.32 Å². The van der Waals surface area contributed by atoms with Crippen LogP contribution in [0.15, 0.2) is 18.2 Å². The smallest absolute Gasteiger partial charge is 0.132 e. The van der Waals surface area contributed by atoms with E-state index in [9.17, 15) is 4.39 Å². The average Bonchev–Trinajstić information content (AvgIpc) is 2.30. The van der Waals surface area contributed by atoms with Gasteiger partial charge in [0.2, 0.25) is 0 Å². The molecule has 0 fully saturated rings. The maximum atomic E-state index is 13.5. The highest BCUT2D eigenvalue weighted by atomic mass is 19.1. The molecule has 3 nitrogen and oxygen atoms in total. The van der Waals surface area contributed by atoms with Gasteiger partial charge in [0.25, 0.3) is 0 Å². The fourth-order valence-corrected chi connectivity index (χ4v) is 1.37. The predicted octanol–water partition coefficient (Wildman–Crippen LogP) is 2.35. The van der Waals surface area contributed by atoms with Crippen LogP contribution in [0.3, 0.4) is 0 Å². The molecule has 0 bridgehead atoms. The van der Waals surface area contributed by atoms with Crippen LogP contribution in [0.25, 0.3) is 0 Å². The largest absolute Gasteiger partial charge is 0.497 e. The predicted molar refractivity (Wildman–Crippen MR) is 65.7 cm³/mol. The van der Waals surface area contributed by atoms with E-state index in [0.717, 1.165) is 6.54 Å². The number of methoxy groups -OCH3 is 1. The minimum absolute atomic E-state index is 0.287. The van der Waals surface area contributed by atoms with E-state index in [1.54, 1.807) is 12.1 Å². The fourth-order valence-electron chi connectivity index (χ4n) is 1.37. The number of nitrogens with one attached hydrogen (secondary N) is 1. The highest BCUT2D eigenvalue weighted by Crippen LogP contribution is 2.16. The van der Waals surface area contributed by atoms with Gasteiger partial charge >= 0.3 is 0 Å². The average molecular weight is 241 g/mol. The van der Waals surface area contributed by atoms with Crippen molar-refractivity contribution in [1.29, 1.82) is 0 Å². The van der Waals surface area contributed by atoms with Crippen molar-refractivity contribution in [2.75, 3.05) is 20.3 Å². The van der Waals surface area contributed by atoms with Crippen molar-refractivity contribution in [3.05, 3.63) is 29.6 Å². The molecular weight excluding hydrogens is 221 g/mol. The zero-order valence-electron chi connectivity index (χ0n) is 10.6. The summed E-state index contributed by atoms with van der Waals surface area (Å²) in [6, 6.07) is 5.22. The van der Waals surface area contributed by atoms with Crippen LogP contribution in [0.2, 0.25) is 0 Å². The van der Waals surface area contributed by atoms with Crippen LogP contribution in [-0.2, 0) is 11.3 Å². The van der Waals surface area contributed by atoms with Crippen LogP contribution in [0, 0.1) is 5.82 Å². The van der Waals surface area contributed by atoms with E-state index in [-0.39, 0.29) is 12.4 Å². The lowest BCUT2D eigenvalue weighted by Gasteiger charge is -2.09. The molecule has 0 amide bonds. The van der Waals surface area contributed by atoms with Gasteiger partial charge in [-0.15, -0.1) is 0 Å². The summed E-state index contributed by atoms with van der Waals surface area (Å²) >= 11 is 0. The molecule has 1 rings (SSSR count). The topological polar surface area (TPSA) is 30.5 Å². The summed E-state index contributed by atoms with van der Waals surface area (Å²) in [5.74, 6) is 0.230. The molecule has 0 aromatic heterocycles. The quantitative estimate of drug-likeness (QED) is 0.743. The lowest BCUT2D eigenvalue weighted by molar-refractivity contribution is 0.119. The van der Waals surface area contributed by atoms with Crippen molar-refractivity contribution < 1.29 is 13.9 Å². The van der Waals surface area contributed by atoms with Gasteiger partial charge in [0, 0.05) is 24.2 Å². The molecule has 0 radical (unpaired) electrons. The van der Waals surface area contributed by atoms with Gasteiger partial charge in [-0.1, -0.05) is 19.9 Å². The van der Waals surface area contributed by atoms with Gasteiger partial charge in [0.15, 0.2) is 0 Å². The fraction of sp³-hybridized carbons (Fsp3) is 0.538. The molecule has 1 aromatic rings. The first-order valence-electron chi connectivity index (χ1n) is 5.77. The lowest BCUT2D eigenvalue weighted by Crippen LogP contribution is -2.26. The molecule has 0 aliphatic carbocycles. The lowest BCUT2D eigenvalue weighted by atomic mass is 10.2. The number of rotatable bonds is 7. The third kappa shape index (κ3) is 5.15. The van der Waals surface area contributed by atoms with Gasteiger partial charge in [-0.25, -0.2) is 4.39 Å².